The molecule has 0 spiro atoms. The van der Waals surface area contributed by atoms with Crippen LogP contribution in [0.3, 0.4) is 0 Å². The van der Waals surface area contributed by atoms with Gasteiger partial charge in [0.1, 0.15) is 0 Å². The second kappa shape index (κ2) is 3.70. The lowest BCUT2D eigenvalue weighted by Gasteiger charge is -2.06. The molecule has 10 heavy (non-hydrogen) atoms. The van der Waals surface area contributed by atoms with Crippen LogP contribution >= 0.6 is 0 Å². The molecule has 0 radical (unpaired) electrons. The Kier molecular flexibility index (Phi) is 3.55. The minimum atomic E-state index is -4.41. The van der Waals surface area contributed by atoms with E-state index in [4.69, 9.17) is 0 Å². The molecule has 0 bridgehead atoms. The Balaban J connectivity index is 3.21. The van der Waals surface area contributed by atoms with Crippen molar-refractivity contribution in [1.29, 1.82) is 0 Å². The van der Waals surface area contributed by atoms with Crippen LogP contribution in [0.4, 0.5) is 22.0 Å². The average Bonchev–Trinajstić information content (AvgIpc) is 1.59. The van der Waals surface area contributed by atoms with Crippen LogP contribution in [-0.4, -0.2) is 25.7 Å². The monoisotopic (exact) mass is 163 g/mol. The van der Waals surface area contributed by atoms with Crippen LogP contribution in [0.1, 0.15) is 0 Å². The highest BCUT2D eigenvalue weighted by atomic mass is 19.4. The van der Waals surface area contributed by atoms with Crippen LogP contribution in [0, 0.1) is 0 Å². The molecule has 0 aromatic rings. The zero-order valence-corrected chi connectivity index (χ0v) is 4.88. The Morgan fingerprint density at radius 1 is 1.20 bits per heavy atom. The summed E-state index contributed by atoms with van der Waals surface area (Å²) in [7, 11) is 0. The minimum Gasteiger partial charge on any atom is -0.303 e. The summed E-state index contributed by atoms with van der Waals surface area (Å²) in [6.07, 6.45) is -7.14. The number of rotatable bonds is 3. The quantitative estimate of drug-likeness (QED) is 0.620. The van der Waals surface area contributed by atoms with Gasteiger partial charge in [-0.05, 0) is 0 Å². The van der Waals surface area contributed by atoms with Gasteiger partial charge in [-0.25, -0.2) is 8.78 Å². The lowest BCUT2D eigenvalue weighted by Crippen LogP contribution is -2.32. The van der Waals surface area contributed by atoms with Gasteiger partial charge < -0.3 is 5.32 Å². The first kappa shape index (κ1) is 9.61. The third-order valence-electron chi connectivity index (χ3n) is 0.624. The van der Waals surface area contributed by atoms with Gasteiger partial charge in [0, 0.05) is 0 Å². The summed E-state index contributed by atoms with van der Waals surface area (Å²) in [5.74, 6) is 0. The van der Waals surface area contributed by atoms with E-state index in [9.17, 15) is 22.0 Å². The molecule has 0 aliphatic heterocycles. The highest BCUT2D eigenvalue weighted by Gasteiger charge is 2.26. The van der Waals surface area contributed by atoms with Crippen LogP contribution < -0.4 is 5.32 Å². The van der Waals surface area contributed by atoms with Crippen LogP contribution in [0.2, 0.25) is 0 Å². The molecular weight excluding hydrogens is 157 g/mol. The van der Waals surface area contributed by atoms with E-state index in [1.165, 1.54) is 0 Å². The van der Waals surface area contributed by atoms with Crippen molar-refractivity contribution < 1.29 is 22.0 Å². The van der Waals surface area contributed by atoms with Crippen molar-refractivity contribution in [1.82, 2.24) is 5.32 Å². The Hall–Kier alpha value is -0.390. The standard InChI is InChI=1S/C4H6F5N/c5-3(6)1-10-2-4(7,8)9/h3,10H,1-2H2. The highest BCUT2D eigenvalue weighted by molar-refractivity contribution is 4.55. The normalized spacial score (nSPS) is 12.6. The molecule has 0 aliphatic carbocycles. The molecule has 62 valence electrons. The third-order valence-corrected chi connectivity index (χ3v) is 0.624. The maximum absolute atomic E-state index is 11.2. The molecule has 0 amide bonds. The first-order valence-electron chi connectivity index (χ1n) is 2.47. The maximum atomic E-state index is 11.2. The van der Waals surface area contributed by atoms with E-state index in [0.717, 1.165) is 0 Å². The average molecular weight is 163 g/mol. The van der Waals surface area contributed by atoms with E-state index in [2.05, 4.69) is 0 Å². The van der Waals surface area contributed by atoms with Gasteiger partial charge in [-0.3, -0.25) is 0 Å². The Morgan fingerprint density at radius 2 is 1.70 bits per heavy atom. The largest absolute Gasteiger partial charge is 0.401 e. The first-order chi connectivity index (χ1) is 4.42. The molecule has 1 N–H and O–H groups in total. The van der Waals surface area contributed by atoms with E-state index >= 15 is 0 Å². The fraction of sp³-hybridized carbons (Fsp3) is 1.00. The van der Waals surface area contributed by atoms with Crippen LogP contribution in [0.25, 0.3) is 0 Å². The molecule has 0 saturated heterocycles. The lowest BCUT2D eigenvalue weighted by molar-refractivity contribution is -0.125. The summed E-state index contributed by atoms with van der Waals surface area (Å²) in [4.78, 5) is 0. The van der Waals surface area contributed by atoms with Crippen LogP contribution in [0.15, 0.2) is 0 Å². The SMILES string of the molecule is FC(F)CNCC(F)(F)F. The first-order valence-corrected chi connectivity index (χ1v) is 2.47. The Labute approximate surface area is 54.2 Å². The summed E-state index contributed by atoms with van der Waals surface area (Å²) in [5, 5.41) is 1.55. The number of nitrogens with one attached hydrogen (secondary N) is 1. The Bertz CT molecular complexity index is 88.1. The van der Waals surface area contributed by atoms with E-state index < -0.39 is 25.7 Å². The van der Waals surface area contributed by atoms with Gasteiger partial charge in [-0.2, -0.15) is 13.2 Å². The smallest absolute Gasteiger partial charge is 0.303 e. The van der Waals surface area contributed by atoms with Gasteiger partial charge >= 0.3 is 6.18 Å². The summed E-state index contributed by atoms with van der Waals surface area (Å²) >= 11 is 0. The molecule has 0 fully saturated rings. The summed E-state index contributed by atoms with van der Waals surface area (Å²) in [6, 6.07) is 0. The van der Waals surface area contributed by atoms with Gasteiger partial charge in [0.2, 0.25) is 0 Å². The summed E-state index contributed by atoms with van der Waals surface area (Å²) in [5.41, 5.74) is 0. The molecule has 0 aromatic carbocycles. The lowest BCUT2D eigenvalue weighted by atomic mass is 10.6. The summed E-state index contributed by atoms with van der Waals surface area (Å²) in [6.45, 7) is -2.28. The molecule has 0 heterocycles. The number of alkyl halides is 5. The van der Waals surface area contributed by atoms with E-state index in [-0.39, 0.29) is 0 Å². The minimum absolute atomic E-state index is 0.917. The maximum Gasteiger partial charge on any atom is 0.401 e. The van der Waals surface area contributed by atoms with Gasteiger partial charge in [0.25, 0.3) is 6.43 Å². The summed E-state index contributed by atoms with van der Waals surface area (Å²) < 4.78 is 56.0. The van der Waals surface area contributed by atoms with Crippen molar-refractivity contribution in [3.8, 4) is 0 Å². The molecular formula is C4H6F5N. The second-order valence-electron chi connectivity index (χ2n) is 1.64. The third kappa shape index (κ3) is 7.61. The molecule has 6 heteroatoms. The molecule has 1 nitrogen and oxygen atoms in total. The second-order valence-corrected chi connectivity index (χ2v) is 1.64. The van der Waals surface area contributed by atoms with Crippen LogP contribution in [-0.2, 0) is 0 Å². The molecule has 0 atom stereocenters. The van der Waals surface area contributed by atoms with Crippen molar-refractivity contribution in [2.24, 2.45) is 0 Å². The van der Waals surface area contributed by atoms with Crippen molar-refractivity contribution in [2.75, 3.05) is 13.1 Å². The van der Waals surface area contributed by atoms with Gasteiger partial charge in [0.15, 0.2) is 0 Å². The Morgan fingerprint density at radius 3 is 2.00 bits per heavy atom. The van der Waals surface area contributed by atoms with Crippen molar-refractivity contribution in [3.63, 3.8) is 0 Å². The van der Waals surface area contributed by atoms with Crippen molar-refractivity contribution in [2.45, 2.75) is 12.6 Å². The fourth-order valence-corrected chi connectivity index (χ4v) is 0.323. The van der Waals surface area contributed by atoms with Crippen LogP contribution in [0.5, 0.6) is 0 Å². The van der Waals surface area contributed by atoms with E-state index in [1.807, 2.05) is 0 Å². The number of hydrogen-bond acceptors (Lipinski definition) is 1. The van der Waals surface area contributed by atoms with Gasteiger partial charge in [-0.15, -0.1) is 0 Å². The molecule has 0 rings (SSSR count). The fourth-order valence-electron chi connectivity index (χ4n) is 0.323. The number of hydrogen-bond donors (Lipinski definition) is 1. The zero-order valence-electron chi connectivity index (χ0n) is 4.88. The molecule has 0 unspecified atom stereocenters. The molecule has 0 aromatic heterocycles. The predicted octanol–water partition coefficient (Wildman–Crippen LogP) is 1.40. The topological polar surface area (TPSA) is 12.0 Å². The zero-order chi connectivity index (χ0) is 8.20. The van der Waals surface area contributed by atoms with E-state index in [1.54, 1.807) is 5.32 Å². The molecule has 0 aliphatic rings. The molecule has 0 saturated carbocycles. The highest BCUT2D eigenvalue weighted by Crippen LogP contribution is 2.12. The number of halogens is 5. The van der Waals surface area contributed by atoms with Gasteiger partial charge in [0.05, 0.1) is 13.1 Å². The van der Waals surface area contributed by atoms with Gasteiger partial charge in [-0.1, -0.05) is 0 Å². The van der Waals surface area contributed by atoms with E-state index in [0.29, 0.717) is 0 Å². The van der Waals surface area contributed by atoms with Crippen molar-refractivity contribution >= 4 is 0 Å². The predicted molar refractivity (Wildman–Crippen MR) is 24.9 cm³/mol. The van der Waals surface area contributed by atoms with Crippen molar-refractivity contribution in [3.05, 3.63) is 0 Å².